The van der Waals surface area contributed by atoms with Gasteiger partial charge in [0.05, 0.1) is 11.5 Å². The number of ether oxygens (including phenoxy) is 1. The van der Waals surface area contributed by atoms with E-state index in [1.54, 1.807) is 11.8 Å². The van der Waals surface area contributed by atoms with Gasteiger partial charge in [0.2, 0.25) is 0 Å². The summed E-state index contributed by atoms with van der Waals surface area (Å²) >= 11 is 2.80. The minimum absolute atomic E-state index is 0.0989. The molecule has 0 aliphatic heterocycles. The van der Waals surface area contributed by atoms with Crippen molar-refractivity contribution in [1.82, 2.24) is 4.98 Å². The third-order valence-corrected chi connectivity index (χ3v) is 6.13. The summed E-state index contributed by atoms with van der Waals surface area (Å²) in [6.45, 7) is 6.32. The van der Waals surface area contributed by atoms with E-state index in [-0.39, 0.29) is 18.2 Å². The molecule has 0 spiro atoms. The highest BCUT2D eigenvalue weighted by Crippen LogP contribution is 2.29. The summed E-state index contributed by atoms with van der Waals surface area (Å²) in [6.07, 6.45) is 0.699. The highest BCUT2D eigenvalue weighted by Gasteiger charge is 2.25. The van der Waals surface area contributed by atoms with Crippen LogP contribution in [0.1, 0.15) is 42.4 Å². The number of anilines is 1. The molecule has 28 heavy (non-hydrogen) atoms. The fraction of sp³-hybridized carbons (Fsp3) is 0.286. The first-order valence-corrected chi connectivity index (χ1v) is 10.7. The summed E-state index contributed by atoms with van der Waals surface area (Å²) in [4.78, 5) is 33.9. The number of thiazole rings is 1. The van der Waals surface area contributed by atoms with Crippen LogP contribution in [0.3, 0.4) is 0 Å². The molecule has 1 amide bonds. The fourth-order valence-electron chi connectivity index (χ4n) is 2.74. The van der Waals surface area contributed by atoms with E-state index in [1.807, 2.05) is 56.3 Å². The number of thiophene rings is 1. The maximum Gasteiger partial charge on any atom is 0.358 e. The second-order valence-electron chi connectivity index (χ2n) is 6.22. The molecule has 0 fully saturated rings. The first-order valence-electron chi connectivity index (χ1n) is 9.06. The molecule has 146 valence electrons. The third kappa shape index (κ3) is 4.66. The van der Waals surface area contributed by atoms with Gasteiger partial charge in [0, 0.05) is 16.3 Å². The molecule has 1 aromatic carbocycles. The fourth-order valence-corrected chi connectivity index (χ4v) is 4.48. The molecule has 0 aliphatic carbocycles. The largest absolute Gasteiger partial charge is 0.461 e. The van der Waals surface area contributed by atoms with Crippen LogP contribution in [-0.2, 0) is 11.2 Å². The van der Waals surface area contributed by atoms with Crippen molar-refractivity contribution in [2.75, 3.05) is 18.1 Å². The molecule has 2 heterocycles. The molecule has 7 heteroatoms. The first-order chi connectivity index (χ1) is 13.5. The second kappa shape index (κ2) is 9.12. The van der Waals surface area contributed by atoms with E-state index in [2.05, 4.69) is 4.98 Å². The van der Waals surface area contributed by atoms with Crippen LogP contribution in [-0.4, -0.2) is 30.0 Å². The monoisotopic (exact) mass is 414 g/mol. The Labute approximate surface area is 172 Å². The smallest absolute Gasteiger partial charge is 0.358 e. The average molecular weight is 415 g/mol. The maximum atomic E-state index is 13.2. The highest BCUT2D eigenvalue weighted by molar-refractivity contribution is 7.16. The van der Waals surface area contributed by atoms with E-state index in [9.17, 15) is 9.59 Å². The Morgan fingerprint density at radius 1 is 1.07 bits per heavy atom. The number of hydrogen-bond acceptors (Lipinski definition) is 6. The van der Waals surface area contributed by atoms with Crippen molar-refractivity contribution in [3.05, 3.63) is 68.4 Å². The van der Waals surface area contributed by atoms with Crippen molar-refractivity contribution in [3.8, 4) is 0 Å². The highest BCUT2D eigenvalue weighted by atomic mass is 32.1. The van der Waals surface area contributed by atoms with Crippen LogP contribution in [0.2, 0.25) is 0 Å². The molecule has 0 saturated heterocycles. The van der Waals surface area contributed by atoms with E-state index < -0.39 is 5.97 Å². The summed E-state index contributed by atoms with van der Waals surface area (Å²) in [5, 5.41) is 0.521. The van der Waals surface area contributed by atoms with E-state index in [0.29, 0.717) is 23.0 Å². The normalized spacial score (nSPS) is 10.7. The van der Waals surface area contributed by atoms with Gasteiger partial charge in [0.1, 0.15) is 0 Å². The van der Waals surface area contributed by atoms with E-state index >= 15 is 0 Å². The van der Waals surface area contributed by atoms with Crippen LogP contribution in [0.15, 0.2) is 42.5 Å². The number of aromatic nitrogens is 1. The number of hydrogen-bond donors (Lipinski definition) is 0. The predicted molar refractivity (Wildman–Crippen MR) is 114 cm³/mol. The first kappa shape index (κ1) is 20.2. The van der Waals surface area contributed by atoms with Gasteiger partial charge in [0.15, 0.2) is 10.8 Å². The van der Waals surface area contributed by atoms with Crippen LogP contribution in [0.5, 0.6) is 0 Å². The Kier molecular flexibility index (Phi) is 6.59. The lowest BCUT2D eigenvalue weighted by molar-refractivity contribution is 0.0519. The topological polar surface area (TPSA) is 59.5 Å². The Bertz CT molecular complexity index is 963. The van der Waals surface area contributed by atoms with Gasteiger partial charge in [-0.2, -0.15) is 0 Å². The van der Waals surface area contributed by atoms with Gasteiger partial charge < -0.3 is 4.74 Å². The molecule has 0 radical (unpaired) electrons. The molecule has 0 bridgehead atoms. The summed E-state index contributed by atoms with van der Waals surface area (Å²) in [6, 6.07) is 13.8. The lowest BCUT2D eigenvalue weighted by Crippen LogP contribution is -2.32. The van der Waals surface area contributed by atoms with Gasteiger partial charge in [-0.15, -0.1) is 22.7 Å². The van der Waals surface area contributed by atoms with Crippen molar-refractivity contribution >= 4 is 39.7 Å². The molecule has 0 N–H and O–H groups in total. The summed E-state index contributed by atoms with van der Waals surface area (Å²) in [5.41, 5.74) is 1.42. The number of nitrogens with zero attached hydrogens (tertiary/aromatic N) is 2. The Morgan fingerprint density at radius 3 is 2.46 bits per heavy atom. The molecule has 5 nitrogen and oxygen atoms in total. The maximum absolute atomic E-state index is 13.2. The van der Waals surface area contributed by atoms with Gasteiger partial charge in [-0.25, -0.2) is 9.78 Å². The van der Waals surface area contributed by atoms with Crippen LogP contribution in [0.25, 0.3) is 0 Å². The van der Waals surface area contributed by atoms with Crippen LogP contribution >= 0.6 is 22.7 Å². The Balaban J connectivity index is 1.90. The number of rotatable bonds is 7. The van der Waals surface area contributed by atoms with Crippen molar-refractivity contribution in [3.63, 3.8) is 0 Å². The lowest BCUT2D eigenvalue weighted by atomic mass is 10.1. The zero-order valence-electron chi connectivity index (χ0n) is 16.1. The minimum atomic E-state index is -0.454. The molecule has 0 atom stereocenters. The molecule has 2 aromatic heterocycles. The van der Waals surface area contributed by atoms with Crippen LogP contribution in [0, 0.1) is 13.8 Å². The molecular formula is C21H22N2O3S2. The van der Waals surface area contributed by atoms with Crippen LogP contribution < -0.4 is 4.90 Å². The van der Waals surface area contributed by atoms with Crippen molar-refractivity contribution < 1.29 is 14.3 Å². The van der Waals surface area contributed by atoms with Gasteiger partial charge >= 0.3 is 5.97 Å². The number of amides is 1. The number of benzene rings is 1. The molecule has 3 aromatic rings. The van der Waals surface area contributed by atoms with Crippen LogP contribution in [0.4, 0.5) is 5.13 Å². The summed E-state index contributed by atoms with van der Waals surface area (Å²) in [5.74, 6) is -0.553. The van der Waals surface area contributed by atoms with Gasteiger partial charge in [-0.1, -0.05) is 30.3 Å². The minimum Gasteiger partial charge on any atom is -0.461 e. The molecule has 0 saturated carbocycles. The molecular weight excluding hydrogens is 392 g/mol. The Morgan fingerprint density at radius 2 is 1.82 bits per heavy atom. The average Bonchev–Trinajstić information content (AvgIpc) is 3.29. The quantitative estimate of drug-likeness (QED) is 0.517. The second-order valence-corrected chi connectivity index (χ2v) is 8.69. The molecule has 3 rings (SSSR count). The molecule has 0 aliphatic rings. The van der Waals surface area contributed by atoms with Gasteiger partial charge in [0.25, 0.3) is 5.91 Å². The van der Waals surface area contributed by atoms with Crippen molar-refractivity contribution in [2.24, 2.45) is 0 Å². The predicted octanol–water partition coefficient (Wildman–Crippen LogP) is 4.89. The number of carbonyl (C=O) groups excluding carboxylic acids is 2. The van der Waals surface area contributed by atoms with E-state index in [1.165, 1.54) is 22.7 Å². The standard InChI is InChI=1S/C21H22N2O3S2/c1-4-26-20(25)18-15(3)28-21(22-18)23(13-12-16-8-6-5-7-9-16)19(24)17-11-10-14(2)27-17/h5-11H,4,12-13H2,1-3H3. The summed E-state index contributed by atoms with van der Waals surface area (Å²) < 4.78 is 5.08. The zero-order valence-corrected chi connectivity index (χ0v) is 17.7. The summed E-state index contributed by atoms with van der Waals surface area (Å²) in [7, 11) is 0. The zero-order chi connectivity index (χ0) is 20.1. The SMILES string of the molecule is CCOC(=O)c1nc(N(CCc2ccccc2)C(=O)c2ccc(C)s2)sc1C. The lowest BCUT2D eigenvalue weighted by Gasteiger charge is -2.19. The molecule has 0 unspecified atom stereocenters. The van der Waals surface area contributed by atoms with Crippen molar-refractivity contribution in [2.45, 2.75) is 27.2 Å². The van der Waals surface area contributed by atoms with Gasteiger partial charge in [-0.05, 0) is 44.9 Å². The van der Waals surface area contributed by atoms with E-state index in [4.69, 9.17) is 4.74 Å². The van der Waals surface area contributed by atoms with Crippen molar-refractivity contribution in [1.29, 1.82) is 0 Å². The van der Waals surface area contributed by atoms with E-state index in [0.717, 1.165) is 15.3 Å². The number of esters is 1. The van der Waals surface area contributed by atoms with Gasteiger partial charge in [-0.3, -0.25) is 9.69 Å². The number of aryl methyl sites for hydroxylation is 2. The number of carbonyl (C=O) groups is 2. The third-order valence-electron chi connectivity index (χ3n) is 4.15. The Hall–Kier alpha value is -2.51.